The van der Waals surface area contributed by atoms with Crippen molar-refractivity contribution in [3.8, 4) is 10.7 Å². The summed E-state index contributed by atoms with van der Waals surface area (Å²) in [5.41, 5.74) is 0. The largest absolute Gasteiger partial charge is 0.376 e. The van der Waals surface area contributed by atoms with Crippen LogP contribution in [0.2, 0.25) is 0 Å². The predicted octanol–water partition coefficient (Wildman–Crippen LogP) is 4.46. The van der Waals surface area contributed by atoms with Gasteiger partial charge in [0.25, 0.3) is 0 Å². The maximum absolute atomic E-state index is 13.1. The molecule has 8 heteroatoms. The van der Waals surface area contributed by atoms with E-state index >= 15 is 0 Å². The third-order valence-electron chi connectivity index (χ3n) is 6.76. The first-order valence-corrected chi connectivity index (χ1v) is 13.2. The van der Waals surface area contributed by atoms with E-state index in [4.69, 9.17) is 4.74 Å². The van der Waals surface area contributed by atoms with Gasteiger partial charge in [-0.25, -0.2) is 0 Å². The summed E-state index contributed by atoms with van der Waals surface area (Å²) in [6.07, 6.45) is 9.90. The molecule has 4 heterocycles. The molecule has 1 amide bonds. The van der Waals surface area contributed by atoms with Crippen molar-refractivity contribution in [2.24, 2.45) is 5.92 Å². The molecule has 2 saturated heterocycles. The van der Waals surface area contributed by atoms with Crippen LogP contribution in [-0.4, -0.2) is 56.6 Å². The van der Waals surface area contributed by atoms with Gasteiger partial charge in [0, 0.05) is 19.2 Å². The first-order chi connectivity index (χ1) is 14.8. The van der Waals surface area contributed by atoms with Crippen molar-refractivity contribution in [2.75, 3.05) is 18.9 Å². The van der Waals surface area contributed by atoms with E-state index in [0.29, 0.717) is 11.8 Å². The van der Waals surface area contributed by atoms with Crippen LogP contribution in [0.4, 0.5) is 0 Å². The quantitative estimate of drug-likeness (QED) is 0.613. The van der Waals surface area contributed by atoms with Crippen LogP contribution in [0.1, 0.15) is 51.4 Å². The van der Waals surface area contributed by atoms with E-state index in [1.165, 1.54) is 43.9 Å². The number of likely N-dealkylation sites (tertiary alicyclic amines) is 1. The van der Waals surface area contributed by atoms with Crippen molar-refractivity contribution in [2.45, 2.75) is 75.2 Å². The molecule has 3 unspecified atom stereocenters. The molecule has 3 atom stereocenters. The summed E-state index contributed by atoms with van der Waals surface area (Å²) in [5.74, 6) is 2.31. The lowest BCUT2D eigenvalue weighted by atomic mass is 9.78. The third-order valence-corrected chi connectivity index (χ3v) is 8.57. The summed E-state index contributed by atoms with van der Waals surface area (Å²) >= 11 is 3.21. The Labute approximate surface area is 186 Å². The Hall–Kier alpha value is -1.38. The maximum atomic E-state index is 13.1. The van der Waals surface area contributed by atoms with Crippen molar-refractivity contribution >= 4 is 29.0 Å². The van der Waals surface area contributed by atoms with Crippen molar-refractivity contribution in [1.29, 1.82) is 0 Å². The highest BCUT2D eigenvalue weighted by molar-refractivity contribution is 7.99. The molecule has 30 heavy (non-hydrogen) atoms. The number of aromatic nitrogens is 3. The molecular weight excluding hydrogens is 416 g/mol. The summed E-state index contributed by atoms with van der Waals surface area (Å²) in [5, 5.41) is 11.8. The number of nitrogens with zero attached hydrogens (tertiary/aromatic N) is 4. The lowest BCUT2D eigenvalue weighted by Crippen LogP contribution is -2.50. The first-order valence-electron chi connectivity index (χ1n) is 11.3. The van der Waals surface area contributed by atoms with Gasteiger partial charge in [-0.05, 0) is 55.9 Å². The standard InChI is InChI=1S/C22H30N4O2S2/c27-20(25-11-3-7-16-6-1-2-9-18(16)25)15-30-22-24-23-21(19-10-5-13-29-19)26(22)14-17-8-4-12-28-17/h5,10,13,16-18H,1-4,6-9,11-12,14-15H2. The normalized spacial score (nSPS) is 26.7. The molecule has 0 bridgehead atoms. The fourth-order valence-electron chi connectivity index (χ4n) is 5.28. The van der Waals surface area contributed by atoms with Crippen LogP contribution >= 0.6 is 23.1 Å². The van der Waals surface area contributed by atoms with Crippen LogP contribution in [0.5, 0.6) is 0 Å². The molecule has 0 N–H and O–H groups in total. The molecule has 2 aromatic rings. The van der Waals surface area contributed by atoms with Crippen LogP contribution < -0.4 is 0 Å². The Balaban J connectivity index is 1.30. The summed E-state index contributed by atoms with van der Waals surface area (Å²) in [6, 6.07) is 4.59. The molecular formula is C22H30N4O2S2. The topological polar surface area (TPSA) is 60.3 Å². The molecule has 2 aromatic heterocycles. The second-order valence-corrected chi connectivity index (χ2v) is 10.5. The van der Waals surface area contributed by atoms with E-state index in [2.05, 4.69) is 31.1 Å². The summed E-state index contributed by atoms with van der Waals surface area (Å²) in [4.78, 5) is 16.4. The van der Waals surface area contributed by atoms with Gasteiger partial charge in [-0.1, -0.05) is 30.7 Å². The van der Waals surface area contributed by atoms with Crippen molar-refractivity contribution in [3.63, 3.8) is 0 Å². The molecule has 2 aliphatic heterocycles. The van der Waals surface area contributed by atoms with E-state index in [0.717, 1.165) is 60.7 Å². The summed E-state index contributed by atoms with van der Waals surface area (Å²) in [7, 11) is 0. The van der Waals surface area contributed by atoms with Crippen LogP contribution in [0.25, 0.3) is 10.7 Å². The van der Waals surface area contributed by atoms with E-state index < -0.39 is 0 Å². The zero-order valence-corrected chi connectivity index (χ0v) is 19.0. The molecule has 5 rings (SSSR count). The summed E-state index contributed by atoms with van der Waals surface area (Å²) in [6.45, 7) is 2.51. The number of carbonyl (C=O) groups is 1. The molecule has 3 aliphatic rings. The Kier molecular flexibility index (Phi) is 6.43. The van der Waals surface area contributed by atoms with Crippen LogP contribution in [0.15, 0.2) is 22.7 Å². The lowest BCUT2D eigenvalue weighted by Gasteiger charge is -2.44. The van der Waals surface area contributed by atoms with Gasteiger partial charge >= 0.3 is 0 Å². The van der Waals surface area contributed by atoms with Gasteiger partial charge in [-0.15, -0.1) is 21.5 Å². The van der Waals surface area contributed by atoms with Crippen LogP contribution in [0, 0.1) is 5.92 Å². The van der Waals surface area contributed by atoms with Crippen molar-refractivity contribution in [3.05, 3.63) is 17.5 Å². The molecule has 3 fully saturated rings. The fourth-order valence-corrected chi connectivity index (χ4v) is 6.83. The Bertz CT molecular complexity index is 845. The number of amides is 1. The highest BCUT2D eigenvalue weighted by Crippen LogP contribution is 2.36. The number of rotatable bonds is 6. The smallest absolute Gasteiger partial charge is 0.233 e. The Morgan fingerprint density at radius 2 is 2.07 bits per heavy atom. The van der Waals surface area contributed by atoms with Gasteiger partial charge in [0.05, 0.1) is 23.3 Å². The van der Waals surface area contributed by atoms with Crippen LogP contribution in [0.3, 0.4) is 0 Å². The minimum Gasteiger partial charge on any atom is -0.376 e. The number of piperidine rings is 1. The van der Waals surface area contributed by atoms with Gasteiger partial charge < -0.3 is 9.64 Å². The van der Waals surface area contributed by atoms with Gasteiger partial charge in [0.2, 0.25) is 5.91 Å². The highest BCUT2D eigenvalue weighted by Gasteiger charge is 2.35. The molecule has 0 aromatic carbocycles. The Morgan fingerprint density at radius 3 is 2.90 bits per heavy atom. The van der Waals surface area contributed by atoms with Crippen molar-refractivity contribution < 1.29 is 9.53 Å². The Morgan fingerprint density at radius 1 is 1.17 bits per heavy atom. The monoisotopic (exact) mass is 446 g/mol. The van der Waals surface area contributed by atoms with Gasteiger partial charge in [0.1, 0.15) is 0 Å². The minimum absolute atomic E-state index is 0.208. The lowest BCUT2D eigenvalue weighted by molar-refractivity contribution is -0.134. The average Bonchev–Trinajstić information content (AvgIpc) is 3.54. The SMILES string of the molecule is O=C(CSc1nnc(-c2cccs2)n1CC1CCCO1)N1CCCC2CCCCC21. The molecule has 6 nitrogen and oxygen atoms in total. The summed E-state index contributed by atoms with van der Waals surface area (Å²) < 4.78 is 8.04. The number of thiophene rings is 1. The van der Waals surface area contributed by atoms with Crippen LogP contribution in [-0.2, 0) is 16.1 Å². The fraction of sp³-hybridized carbons (Fsp3) is 0.682. The predicted molar refractivity (Wildman–Crippen MR) is 120 cm³/mol. The molecule has 1 saturated carbocycles. The highest BCUT2D eigenvalue weighted by atomic mass is 32.2. The molecule has 0 spiro atoms. The first kappa shape index (κ1) is 20.5. The molecule has 1 aliphatic carbocycles. The van der Waals surface area contributed by atoms with E-state index in [1.54, 1.807) is 11.3 Å². The molecule has 162 valence electrons. The second-order valence-electron chi connectivity index (χ2n) is 8.66. The number of ether oxygens (including phenoxy) is 1. The number of fused-ring (bicyclic) bond motifs is 1. The molecule has 0 radical (unpaired) electrons. The van der Waals surface area contributed by atoms with Gasteiger partial charge in [-0.2, -0.15) is 0 Å². The number of thioether (sulfide) groups is 1. The number of hydrogen-bond acceptors (Lipinski definition) is 6. The van der Waals surface area contributed by atoms with Gasteiger partial charge in [0.15, 0.2) is 11.0 Å². The third kappa shape index (κ3) is 4.32. The van der Waals surface area contributed by atoms with Crippen molar-refractivity contribution in [1.82, 2.24) is 19.7 Å². The average molecular weight is 447 g/mol. The minimum atomic E-state index is 0.208. The van der Waals surface area contributed by atoms with Gasteiger partial charge in [-0.3, -0.25) is 9.36 Å². The zero-order valence-electron chi connectivity index (χ0n) is 17.4. The van der Waals surface area contributed by atoms with E-state index in [9.17, 15) is 4.79 Å². The maximum Gasteiger partial charge on any atom is 0.233 e. The number of hydrogen-bond donors (Lipinski definition) is 0. The zero-order chi connectivity index (χ0) is 20.3. The van der Waals surface area contributed by atoms with E-state index in [1.807, 2.05) is 6.07 Å². The second kappa shape index (κ2) is 9.40. The van der Waals surface area contributed by atoms with E-state index in [-0.39, 0.29) is 12.0 Å². The number of carbonyl (C=O) groups excluding carboxylic acids is 1.